The van der Waals surface area contributed by atoms with Crippen LogP contribution in [-0.2, 0) is 0 Å². The van der Waals surface area contributed by atoms with Crippen molar-refractivity contribution in [3.8, 4) is 89.8 Å². The highest BCUT2D eigenvalue weighted by Crippen LogP contribution is 2.51. The fourth-order valence-corrected chi connectivity index (χ4v) is 16.4. The third kappa shape index (κ3) is 8.05. The van der Waals surface area contributed by atoms with E-state index in [0.717, 1.165) is 28.1 Å². The van der Waals surface area contributed by atoms with E-state index in [1.54, 1.807) is 0 Å². The number of aromatic nitrogens is 4. The Morgan fingerprint density at radius 1 is 0.310 bits per heavy atom. The molecule has 0 radical (unpaired) electrons. The van der Waals surface area contributed by atoms with Crippen LogP contribution in [0.4, 0.5) is 0 Å². The smallest absolute Gasteiger partial charge is 0.252 e. The zero-order valence-corrected chi connectivity index (χ0v) is 48.8. The van der Waals surface area contributed by atoms with Crippen molar-refractivity contribution < 1.29 is 0 Å². The van der Waals surface area contributed by atoms with Crippen molar-refractivity contribution in [2.24, 2.45) is 0 Å². The fraction of sp³-hybridized carbons (Fsp3) is 0.146. The van der Waals surface area contributed by atoms with Crippen molar-refractivity contribution in [2.45, 2.75) is 76.0 Å². The summed E-state index contributed by atoms with van der Waals surface area (Å²) >= 11 is 0. The molecule has 4 aliphatic rings. The average molecular weight is 1120 g/mol. The highest BCUT2D eigenvalue weighted by Gasteiger charge is 2.44. The Kier molecular flexibility index (Phi) is 11.8. The van der Waals surface area contributed by atoms with Crippen molar-refractivity contribution in [2.75, 3.05) is 0 Å². The number of fused-ring (bicyclic) bond motifs is 10. The highest BCUT2D eigenvalue weighted by atomic mass is 15.0. The molecule has 3 aromatic heterocycles. The lowest BCUT2D eigenvalue weighted by Gasteiger charge is -2.35. The molecule has 18 rings (SSSR count). The topological polar surface area (TPSA) is 35.6 Å². The SMILES string of the molecule is c1ccc(-c2cc(-c3ccccc3)c3c4c(C5CCCCC5)ccc5c4n(c3c2)-c2cc(-c3nc(-c4ccccc4)cc(-c4ccccc4)n3)cc3c2B5c2ccc(C4CCCCC4)c4c5c(-c6ccccc6)cc(-c6ccccc6)cc5n-3c24)cc1. The second-order valence-electron chi connectivity index (χ2n) is 25.1. The lowest BCUT2D eigenvalue weighted by Crippen LogP contribution is -2.59. The summed E-state index contributed by atoms with van der Waals surface area (Å²) in [5, 5.41) is 5.51. The van der Waals surface area contributed by atoms with E-state index in [-0.39, 0.29) is 6.71 Å². The van der Waals surface area contributed by atoms with E-state index in [1.165, 1.54) is 191 Å². The number of nitrogens with zero attached hydrogens (tertiary/aromatic N) is 4. The molecule has 14 aromatic rings. The highest BCUT2D eigenvalue weighted by molar-refractivity contribution is 7.00. The standard InChI is InChI=1S/C82H63BN4/c1-9-25-52(26-10-1)60-45-65(56-33-17-5-18-34-56)75-71(47-60)86-73-49-62(82-84-69(58-37-21-7-22-38-58)51-70(85-82)59-39-23-8-24-40-59)50-74-79(73)83(67-43-41-63(77(75)80(67)86)54-29-13-3-14-30-54)68-44-42-64(55-31-15-4-16-32-55)78-76-66(57-35-19-6-20-36-57)46-61(53-27-11-2-12-28-53)48-72(76)87(74)81(68)78/h1-2,5-12,17-28,33-51,54-55H,3-4,13-16,29-32H2. The fourth-order valence-electron chi connectivity index (χ4n) is 16.4. The molecule has 0 atom stereocenters. The van der Waals surface area contributed by atoms with E-state index in [0.29, 0.717) is 17.7 Å². The van der Waals surface area contributed by atoms with E-state index in [2.05, 4.69) is 258 Å². The van der Waals surface area contributed by atoms with Gasteiger partial charge in [0.2, 0.25) is 0 Å². The molecule has 0 unspecified atom stereocenters. The zero-order chi connectivity index (χ0) is 57.1. The molecular weight excluding hydrogens is 1050 g/mol. The van der Waals surface area contributed by atoms with Crippen LogP contribution >= 0.6 is 0 Å². The van der Waals surface area contributed by atoms with Crippen molar-refractivity contribution in [3.05, 3.63) is 260 Å². The number of benzene rings is 11. The maximum absolute atomic E-state index is 5.68. The second kappa shape index (κ2) is 20.4. The van der Waals surface area contributed by atoms with Crippen LogP contribution in [0.5, 0.6) is 0 Å². The van der Waals surface area contributed by atoms with Crippen molar-refractivity contribution >= 4 is 66.7 Å². The molecule has 5 heterocycles. The van der Waals surface area contributed by atoms with Gasteiger partial charge in [0.05, 0.1) is 22.4 Å². The Bertz CT molecular complexity index is 4710. The van der Waals surface area contributed by atoms with Crippen LogP contribution in [0.25, 0.3) is 133 Å². The Morgan fingerprint density at radius 2 is 0.678 bits per heavy atom. The van der Waals surface area contributed by atoms with E-state index >= 15 is 0 Å². The van der Waals surface area contributed by atoms with Crippen LogP contribution in [0.2, 0.25) is 0 Å². The van der Waals surface area contributed by atoms with E-state index in [1.807, 2.05) is 0 Å². The van der Waals surface area contributed by atoms with Crippen molar-refractivity contribution in [1.82, 2.24) is 19.1 Å². The van der Waals surface area contributed by atoms with Gasteiger partial charge < -0.3 is 9.13 Å². The van der Waals surface area contributed by atoms with Crippen LogP contribution in [0.1, 0.15) is 87.2 Å². The molecule has 0 N–H and O–H groups in total. The molecule has 0 spiro atoms. The molecule has 2 aliphatic carbocycles. The molecule has 2 aliphatic heterocycles. The van der Waals surface area contributed by atoms with Gasteiger partial charge in [-0.2, -0.15) is 0 Å². The van der Waals surface area contributed by atoms with Gasteiger partial charge in [-0.3, -0.25) is 0 Å². The normalized spacial score (nSPS) is 14.8. The summed E-state index contributed by atoms with van der Waals surface area (Å²) in [6, 6.07) is 93.6. The van der Waals surface area contributed by atoms with Crippen LogP contribution in [0.15, 0.2) is 249 Å². The minimum Gasteiger partial charge on any atom is -0.310 e. The quantitative estimate of drug-likeness (QED) is 0.135. The maximum atomic E-state index is 5.68. The van der Waals surface area contributed by atoms with Crippen molar-refractivity contribution in [1.29, 1.82) is 0 Å². The van der Waals surface area contributed by atoms with Crippen LogP contribution in [0, 0.1) is 0 Å². The predicted octanol–water partition coefficient (Wildman–Crippen LogP) is 19.6. The first-order chi connectivity index (χ1) is 43.2. The van der Waals surface area contributed by atoms with E-state index in [9.17, 15) is 0 Å². The third-order valence-electron chi connectivity index (χ3n) is 20.3. The molecule has 0 bridgehead atoms. The van der Waals surface area contributed by atoms with Crippen LogP contribution < -0.4 is 16.4 Å². The summed E-state index contributed by atoms with van der Waals surface area (Å²) < 4.78 is 5.47. The van der Waals surface area contributed by atoms with Gasteiger partial charge >= 0.3 is 0 Å². The average Bonchev–Trinajstić information content (AvgIpc) is 1.57. The number of hydrogen-bond acceptors (Lipinski definition) is 2. The summed E-state index contributed by atoms with van der Waals surface area (Å²) in [4.78, 5) is 11.4. The zero-order valence-electron chi connectivity index (χ0n) is 48.8. The Balaban J connectivity index is 1.05. The first kappa shape index (κ1) is 50.5. The van der Waals surface area contributed by atoms with E-state index < -0.39 is 0 Å². The van der Waals surface area contributed by atoms with Gasteiger partial charge in [0.25, 0.3) is 6.71 Å². The first-order valence-corrected chi connectivity index (χ1v) is 31.9. The molecule has 414 valence electrons. The molecule has 4 nitrogen and oxygen atoms in total. The molecule has 2 fully saturated rings. The maximum Gasteiger partial charge on any atom is 0.252 e. The summed E-state index contributed by atoms with van der Waals surface area (Å²) in [6.07, 6.45) is 12.4. The van der Waals surface area contributed by atoms with Gasteiger partial charge in [-0.1, -0.05) is 245 Å². The second-order valence-corrected chi connectivity index (χ2v) is 25.1. The monoisotopic (exact) mass is 1110 g/mol. The summed E-state index contributed by atoms with van der Waals surface area (Å²) in [7, 11) is 0. The molecular formula is C82H63BN4. The molecule has 2 saturated carbocycles. The van der Waals surface area contributed by atoms with Crippen LogP contribution in [0.3, 0.4) is 0 Å². The molecule has 87 heavy (non-hydrogen) atoms. The largest absolute Gasteiger partial charge is 0.310 e. The van der Waals surface area contributed by atoms with E-state index in [4.69, 9.17) is 9.97 Å². The minimum atomic E-state index is -0.0672. The Labute approximate surface area is 508 Å². The molecule has 0 amide bonds. The number of rotatable bonds is 9. The van der Waals surface area contributed by atoms with Gasteiger partial charge in [0, 0.05) is 60.6 Å². The summed E-state index contributed by atoms with van der Waals surface area (Å²) in [6.45, 7) is -0.0672. The van der Waals surface area contributed by atoms with Gasteiger partial charge in [-0.15, -0.1) is 0 Å². The van der Waals surface area contributed by atoms with Crippen LogP contribution in [-0.4, -0.2) is 25.8 Å². The first-order valence-electron chi connectivity index (χ1n) is 31.9. The number of hydrogen-bond donors (Lipinski definition) is 0. The summed E-state index contributed by atoms with van der Waals surface area (Å²) in [5.41, 5.74) is 29.4. The van der Waals surface area contributed by atoms with Gasteiger partial charge in [-0.25, -0.2) is 9.97 Å². The minimum absolute atomic E-state index is 0.0672. The molecule has 11 aromatic carbocycles. The lowest BCUT2D eigenvalue weighted by atomic mass is 9.34. The summed E-state index contributed by atoms with van der Waals surface area (Å²) in [5.74, 6) is 1.63. The molecule has 0 saturated heterocycles. The predicted molar refractivity (Wildman–Crippen MR) is 365 cm³/mol. The lowest BCUT2D eigenvalue weighted by molar-refractivity contribution is 0.445. The van der Waals surface area contributed by atoms with Gasteiger partial charge in [0.15, 0.2) is 5.82 Å². The third-order valence-corrected chi connectivity index (χ3v) is 20.3. The molecule has 5 heteroatoms. The Hall–Kier alpha value is -9.84. The van der Waals surface area contributed by atoms with Gasteiger partial charge in [0.1, 0.15) is 0 Å². The van der Waals surface area contributed by atoms with Crippen molar-refractivity contribution in [3.63, 3.8) is 0 Å². The Morgan fingerprint density at radius 3 is 1.07 bits per heavy atom. The van der Waals surface area contributed by atoms with Gasteiger partial charge in [-0.05, 0) is 152 Å².